The second-order valence-electron chi connectivity index (χ2n) is 7.23. The summed E-state index contributed by atoms with van der Waals surface area (Å²) in [4.78, 5) is 30.7. The maximum Gasteiger partial charge on any atom is 0.253 e. The van der Waals surface area contributed by atoms with Crippen LogP contribution in [0.15, 0.2) is 53.4 Å². The van der Waals surface area contributed by atoms with Crippen molar-refractivity contribution in [3.05, 3.63) is 59.9 Å². The number of amides is 2. The molecule has 4 rings (SSSR count). The summed E-state index contributed by atoms with van der Waals surface area (Å²) in [5.41, 5.74) is 1.50. The Hall–Kier alpha value is -2.34. The molecule has 0 spiro atoms. The van der Waals surface area contributed by atoms with Crippen LogP contribution in [0.5, 0.6) is 0 Å². The summed E-state index contributed by atoms with van der Waals surface area (Å²) in [6.07, 6.45) is 2.31. The number of carbonyl (C=O) groups is 2. The third kappa shape index (κ3) is 3.92. The van der Waals surface area contributed by atoms with Crippen LogP contribution in [0.3, 0.4) is 0 Å². The smallest absolute Gasteiger partial charge is 0.253 e. The Morgan fingerprint density at radius 2 is 1.68 bits per heavy atom. The second kappa shape index (κ2) is 8.35. The highest BCUT2D eigenvalue weighted by Gasteiger charge is 2.32. The van der Waals surface area contributed by atoms with E-state index in [9.17, 15) is 14.0 Å². The van der Waals surface area contributed by atoms with Gasteiger partial charge in [0.25, 0.3) is 5.91 Å². The van der Waals surface area contributed by atoms with Gasteiger partial charge in [0.1, 0.15) is 5.82 Å². The predicted molar refractivity (Wildman–Crippen MR) is 109 cm³/mol. The van der Waals surface area contributed by atoms with Crippen LogP contribution < -0.4 is 4.90 Å². The molecule has 1 saturated heterocycles. The van der Waals surface area contributed by atoms with Gasteiger partial charge in [0.2, 0.25) is 5.91 Å². The highest BCUT2D eigenvalue weighted by Crippen LogP contribution is 2.35. The summed E-state index contributed by atoms with van der Waals surface area (Å²) in [5.74, 6) is 0.683. The van der Waals surface area contributed by atoms with Gasteiger partial charge in [0, 0.05) is 36.0 Å². The molecular weight excluding hydrogens is 375 g/mol. The lowest BCUT2D eigenvalue weighted by atomic mass is 9.94. The number of benzene rings is 2. The van der Waals surface area contributed by atoms with Crippen LogP contribution in [0.1, 0.15) is 29.6 Å². The molecule has 1 fully saturated rings. The molecule has 0 saturated carbocycles. The van der Waals surface area contributed by atoms with Gasteiger partial charge in [0.15, 0.2) is 0 Å². The Labute approximate surface area is 168 Å². The Morgan fingerprint density at radius 1 is 0.964 bits per heavy atom. The van der Waals surface area contributed by atoms with E-state index in [-0.39, 0.29) is 23.5 Å². The van der Waals surface area contributed by atoms with Crippen LogP contribution in [0.4, 0.5) is 10.1 Å². The quantitative estimate of drug-likeness (QED) is 0.761. The van der Waals surface area contributed by atoms with E-state index in [0.29, 0.717) is 31.5 Å². The van der Waals surface area contributed by atoms with Crippen molar-refractivity contribution in [3.63, 3.8) is 0 Å². The van der Waals surface area contributed by atoms with Gasteiger partial charge < -0.3 is 9.80 Å². The Kier molecular flexibility index (Phi) is 5.67. The van der Waals surface area contributed by atoms with E-state index in [4.69, 9.17) is 0 Å². The first-order valence-corrected chi connectivity index (χ1v) is 10.7. The standard InChI is InChI=1S/C22H23FN2O2S/c23-18-8-6-16(7-9-18)21(26)24-13-10-17(11-14-24)22(27)25-12-3-15-28-20-5-2-1-4-19(20)25/h1-2,4-9,17H,3,10-15H2. The predicted octanol–water partition coefficient (Wildman–Crippen LogP) is 4.21. The molecule has 6 heteroatoms. The van der Waals surface area contributed by atoms with Gasteiger partial charge in [-0.3, -0.25) is 9.59 Å². The number of thioether (sulfide) groups is 1. The number of para-hydroxylation sites is 1. The van der Waals surface area contributed by atoms with Crippen LogP contribution in [0.25, 0.3) is 0 Å². The molecule has 2 aliphatic rings. The van der Waals surface area contributed by atoms with E-state index in [1.54, 1.807) is 16.7 Å². The van der Waals surface area contributed by atoms with Crippen molar-refractivity contribution in [2.24, 2.45) is 5.92 Å². The van der Waals surface area contributed by atoms with E-state index < -0.39 is 0 Å². The first-order valence-electron chi connectivity index (χ1n) is 9.71. The van der Waals surface area contributed by atoms with Gasteiger partial charge in [-0.2, -0.15) is 0 Å². The number of hydrogen-bond acceptors (Lipinski definition) is 3. The maximum atomic E-state index is 13.2. The number of piperidine rings is 1. The number of carbonyl (C=O) groups excluding carboxylic acids is 2. The molecule has 0 N–H and O–H groups in total. The summed E-state index contributed by atoms with van der Waals surface area (Å²) in [6.45, 7) is 1.85. The Bertz CT molecular complexity index is 863. The molecular formula is C22H23FN2O2S. The van der Waals surface area contributed by atoms with Crippen molar-refractivity contribution in [1.82, 2.24) is 4.90 Å². The van der Waals surface area contributed by atoms with Crippen molar-refractivity contribution in [2.45, 2.75) is 24.2 Å². The highest BCUT2D eigenvalue weighted by atomic mass is 32.2. The topological polar surface area (TPSA) is 40.6 Å². The third-order valence-electron chi connectivity index (χ3n) is 5.43. The zero-order valence-electron chi connectivity index (χ0n) is 15.6. The van der Waals surface area contributed by atoms with Crippen LogP contribution in [-0.4, -0.2) is 42.1 Å². The monoisotopic (exact) mass is 398 g/mol. The van der Waals surface area contributed by atoms with Gasteiger partial charge in [-0.05, 0) is 61.4 Å². The lowest BCUT2D eigenvalue weighted by Gasteiger charge is -2.34. The van der Waals surface area contributed by atoms with E-state index >= 15 is 0 Å². The lowest BCUT2D eigenvalue weighted by molar-refractivity contribution is -0.123. The fraction of sp³-hybridized carbons (Fsp3) is 0.364. The largest absolute Gasteiger partial charge is 0.339 e. The zero-order valence-corrected chi connectivity index (χ0v) is 16.5. The molecule has 28 heavy (non-hydrogen) atoms. The summed E-state index contributed by atoms with van der Waals surface area (Å²) in [5, 5.41) is 0. The van der Waals surface area contributed by atoms with Crippen LogP contribution in [0.2, 0.25) is 0 Å². The normalized spacial score (nSPS) is 17.8. The maximum absolute atomic E-state index is 13.2. The molecule has 0 bridgehead atoms. The second-order valence-corrected chi connectivity index (χ2v) is 8.37. The van der Waals surface area contributed by atoms with E-state index in [0.717, 1.165) is 29.3 Å². The molecule has 2 aromatic carbocycles. The zero-order chi connectivity index (χ0) is 19.5. The van der Waals surface area contributed by atoms with Crippen molar-refractivity contribution in [3.8, 4) is 0 Å². The van der Waals surface area contributed by atoms with Crippen molar-refractivity contribution < 1.29 is 14.0 Å². The number of fused-ring (bicyclic) bond motifs is 1. The first-order chi connectivity index (χ1) is 13.6. The molecule has 0 aromatic heterocycles. The van der Waals surface area contributed by atoms with Gasteiger partial charge in [0.05, 0.1) is 5.69 Å². The van der Waals surface area contributed by atoms with Crippen molar-refractivity contribution in [2.75, 3.05) is 30.3 Å². The summed E-state index contributed by atoms with van der Waals surface area (Å²) in [6, 6.07) is 13.7. The van der Waals surface area contributed by atoms with Gasteiger partial charge in [-0.25, -0.2) is 4.39 Å². The summed E-state index contributed by atoms with van der Waals surface area (Å²) in [7, 11) is 0. The van der Waals surface area contributed by atoms with E-state index in [2.05, 4.69) is 6.07 Å². The molecule has 4 nitrogen and oxygen atoms in total. The number of likely N-dealkylation sites (tertiary alicyclic amines) is 1. The molecule has 0 radical (unpaired) electrons. The molecule has 0 atom stereocenters. The Morgan fingerprint density at radius 3 is 2.43 bits per heavy atom. The molecule has 2 aromatic rings. The summed E-state index contributed by atoms with van der Waals surface area (Å²) >= 11 is 1.81. The van der Waals surface area contributed by atoms with E-state index in [1.165, 1.54) is 24.3 Å². The Balaban J connectivity index is 1.42. The number of rotatable bonds is 2. The van der Waals surface area contributed by atoms with Gasteiger partial charge in [-0.1, -0.05) is 12.1 Å². The molecule has 2 amide bonds. The minimum absolute atomic E-state index is 0.0616. The van der Waals surface area contributed by atoms with E-state index in [1.807, 2.05) is 23.1 Å². The van der Waals surface area contributed by atoms with Gasteiger partial charge >= 0.3 is 0 Å². The fourth-order valence-corrected chi connectivity index (χ4v) is 4.88. The molecule has 2 aliphatic heterocycles. The number of anilines is 1. The SMILES string of the molecule is O=C(c1ccc(F)cc1)N1CCC(C(=O)N2CCCSc3ccccc32)CC1. The van der Waals surface area contributed by atoms with Crippen LogP contribution in [0, 0.1) is 11.7 Å². The van der Waals surface area contributed by atoms with Crippen LogP contribution >= 0.6 is 11.8 Å². The number of halogens is 1. The average molecular weight is 399 g/mol. The molecule has 146 valence electrons. The minimum atomic E-state index is -0.350. The molecule has 0 unspecified atom stereocenters. The molecule has 0 aliphatic carbocycles. The minimum Gasteiger partial charge on any atom is -0.339 e. The van der Waals surface area contributed by atoms with Crippen LogP contribution in [-0.2, 0) is 4.79 Å². The third-order valence-corrected chi connectivity index (χ3v) is 6.58. The number of nitrogens with zero attached hydrogens (tertiary/aromatic N) is 2. The lowest BCUT2D eigenvalue weighted by Crippen LogP contribution is -2.44. The summed E-state index contributed by atoms with van der Waals surface area (Å²) < 4.78 is 13.1. The van der Waals surface area contributed by atoms with Crippen molar-refractivity contribution >= 4 is 29.3 Å². The first kappa shape index (κ1) is 19.0. The van der Waals surface area contributed by atoms with Gasteiger partial charge in [-0.15, -0.1) is 11.8 Å². The molecule has 2 heterocycles. The van der Waals surface area contributed by atoms with Crippen molar-refractivity contribution in [1.29, 1.82) is 0 Å². The number of hydrogen-bond donors (Lipinski definition) is 0. The highest BCUT2D eigenvalue weighted by molar-refractivity contribution is 7.99. The average Bonchev–Trinajstić information content (AvgIpc) is 2.96. The fourth-order valence-electron chi connectivity index (χ4n) is 3.88.